The van der Waals surface area contributed by atoms with E-state index in [1.807, 2.05) is 18.2 Å². The second kappa shape index (κ2) is 4.56. The lowest BCUT2D eigenvalue weighted by Crippen LogP contribution is -2.24. The van der Waals surface area contributed by atoms with Crippen molar-refractivity contribution in [3.8, 4) is 5.75 Å². The lowest BCUT2D eigenvalue weighted by Gasteiger charge is -2.16. The fourth-order valence-electron chi connectivity index (χ4n) is 1.92. The van der Waals surface area contributed by atoms with Crippen LogP contribution in [0.15, 0.2) is 18.2 Å². The summed E-state index contributed by atoms with van der Waals surface area (Å²) < 4.78 is 5.69. The summed E-state index contributed by atoms with van der Waals surface area (Å²) in [5, 5.41) is 2.82. The van der Waals surface area contributed by atoms with Crippen molar-refractivity contribution in [2.45, 2.75) is 26.2 Å². The summed E-state index contributed by atoms with van der Waals surface area (Å²) in [6.45, 7) is 5.42. The molecular formula is C13H17NO2. The molecule has 2 rings (SSSR count). The van der Waals surface area contributed by atoms with E-state index < -0.39 is 0 Å². The first-order valence-electron chi connectivity index (χ1n) is 5.78. The molecular weight excluding hydrogens is 202 g/mol. The molecule has 1 heterocycles. The van der Waals surface area contributed by atoms with E-state index in [4.69, 9.17) is 4.74 Å². The molecule has 0 radical (unpaired) electrons. The Morgan fingerprint density at radius 1 is 1.50 bits per heavy atom. The smallest absolute Gasteiger partial charge is 0.255 e. The van der Waals surface area contributed by atoms with Crippen molar-refractivity contribution in [3.63, 3.8) is 0 Å². The fourth-order valence-corrected chi connectivity index (χ4v) is 1.92. The Labute approximate surface area is 95.8 Å². The van der Waals surface area contributed by atoms with E-state index in [2.05, 4.69) is 19.2 Å². The van der Waals surface area contributed by atoms with Crippen molar-refractivity contribution in [2.75, 3.05) is 13.2 Å². The molecule has 1 amide bonds. The predicted molar refractivity (Wildman–Crippen MR) is 63.0 cm³/mol. The molecule has 1 aliphatic heterocycles. The van der Waals surface area contributed by atoms with E-state index in [1.54, 1.807) is 0 Å². The number of para-hydroxylation sites is 1. The Hall–Kier alpha value is -1.51. The Bertz CT molecular complexity index is 401. The van der Waals surface area contributed by atoms with Crippen LogP contribution >= 0.6 is 0 Å². The predicted octanol–water partition coefficient (Wildman–Crippen LogP) is 2.32. The van der Waals surface area contributed by atoms with Crippen molar-refractivity contribution in [3.05, 3.63) is 29.3 Å². The summed E-state index contributed by atoms with van der Waals surface area (Å²) in [5.74, 6) is 1.16. The number of carbonyl (C=O) groups excluding carboxylic acids is 1. The van der Waals surface area contributed by atoms with Gasteiger partial charge in [-0.15, -0.1) is 0 Å². The molecule has 1 N–H and O–H groups in total. The van der Waals surface area contributed by atoms with E-state index in [0.29, 0.717) is 24.6 Å². The van der Waals surface area contributed by atoms with Crippen LogP contribution in [0.2, 0.25) is 0 Å². The summed E-state index contributed by atoms with van der Waals surface area (Å²) in [6.07, 6.45) is 1.04. The van der Waals surface area contributed by atoms with Gasteiger partial charge in [-0.2, -0.15) is 0 Å². The molecule has 1 aromatic rings. The highest BCUT2D eigenvalue weighted by atomic mass is 16.5. The number of carbonyl (C=O) groups is 1. The number of ether oxygens (including phenoxy) is 1. The SMILES string of the molecule is CCC(C)c1cccc2c1OCCNC2=O. The van der Waals surface area contributed by atoms with E-state index in [-0.39, 0.29) is 5.91 Å². The largest absolute Gasteiger partial charge is 0.491 e. The Kier molecular flexibility index (Phi) is 3.13. The molecule has 0 saturated carbocycles. The monoisotopic (exact) mass is 219 g/mol. The standard InChI is InChI=1S/C13H17NO2/c1-3-9(2)10-5-4-6-11-12(10)16-8-7-14-13(11)15/h4-6,9H,3,7-8H2,1-2H3,(H,14,15). The highest BCUT2D eigenvalue weighted by molar-refractivity contribution is 5.97. The first-order valence-corrected chi connectivity index (χ1v) is 5.78. The van der Waals surface area contributed by atoms with Gasteiger partial charge in [0.05, 0.1) is 12.1 Å². The maximum Gasteiger partial charge on any atom is 0.255 e. The van der Waals surface area contributed by atoms with E-state index in [1.165, 1.54) is 0 Å². The minimum atomic E-state index is -0.0300. The Morgan fingerprint density at radius 2 is 2.31 bits per heavy atom. The zero-order valence-corrected chi connectivity index (χ0v) is 9.75. The average Bonchev–Trinajstić information content (AvgIpc) is 2.50. The van der Waals surface area contributed by atoms with Crippen LogP contribution in [-0.4, -0.2) is 19.1 Å². The second-order valence-corrected chi connectivity index (χ2v) is 4.14. The second-order valence-electron chi connectivity index (χ2n) is 4.14. The molecule has 0 aromatic heterocycles. The molecule has 1 unspecified atom stereocenters. The topological polar surface area (TPSA) is 38.3 Å². The molecule has 0 aliphatic carbocycles. The quantitative estimate of drug-likeness (QED) is 0.829. The van der Waals surface area contributed by atoms with Gasteiger partial charge in [0.25, 0.3) is 5.91 Å². The van der Waals surface area contributed by atoms with Crippen LogP contribution in [0.1, 0.15) is 42.1 Å². The maximum atomic E-state index is 11.8. The van der Waals surface area contributed by atoms with Crippen molar-refractivity contribution in [1.29, 1.82) is 0 Å². The first-order chi connectivity index (χ1) is 7.74. The third-order valence-corrected chi connectivity index (χ3v) is 3.07. The van der Waals surface area contributed by atoms with Gasteiger partial charge in [-0.1, -0.05) is 26.0 Å². The highest BCUT2D eigenvalue weighted by Crippen LogP contribution is 2.32. The number of rotatable bonds is 2. The summed E-state index contributed by atoms with van der Waals surface area (Å²) >= 11 is 0. The number of amides is 1. The number of hydrogen-bond acceptors (Lipinski definition) is 2. The van der Waals surface area contributed by atoms with Gasteiger partial charge in [0.15, 0.2) is 0 Å². The first kappa shape index (κ1) is 11.0. The van der Waals surface area contributed by atoms with E-state index in [0.717, 1.165) is 17.7 Å². The van der Waals surface area contributed by atoms with Crippen molar-refractivity contribution >= 4 is 5.91 Å². The average molecular weight is 219 g/mol. The van der Waals surface area contributed by atoms with Crippen LogP contribution < -0.4 is 10.1 Å². The molecule has 1 atom stereocenters. The summed E-state index contributed by atoms with van der Waals surface area (Å²) in [5.41, 5.74) is 1.80. The third kappa shape index (κ3) is 1.90. The molecule has 0 fully saturated rings. The Balaban J connectivity index is 2.48. The van der Waals surface area contributed by atoms with Gasteiger partial charge in [0, 0.05) is 0 Å². The van der Waals surface area contributed by atoms with E-state index >= 15 is 0 Å². The maximum absolute atomic E-state index is 11.8. The van der Waals surface area contributed by atoms with Crippen molar-refractivity contribution in [2.24, 2.45) is 0 Å². The van der Waals surface area contributed by atoms with Crippen molar-refractivity contribution in [1.82, 2.24) is 5.32 Å². The summed E-state index contributed by atoms with van der Waals surface area (Å²) in [7, 11) is 0. The summed E-state index contributed by atoms with van der Waals surface area (Å²) in [4.78, 5) is 11.8. The number of hydrogen-bond donors (Lipinski definition) is 1. The van der Waals surface area contributed by atoms with Gasteiger partial charge < -0.3 is 10.1 Å². The van der Waals surface area contributed by atoms with Crippen molar-refractivity contribution < 1.29 is 9.53 Å². The number of fused-ring (bicyclic) bond motifs is 1. The zero-order valence-electron chi connectivity index (χ0n) is 9.75. The normalized spacial score (nSPS) is 16.8. The summed E-state index contributed by atoms with van der Waals surface area (Å²) in [6, 6.07) is 5.79. The molecule has 0 saturated heterocycles. The van der Waals surface area contributed by atoms with Gasteiger partial charge in [-0.05, 0) is 24.0 Å². The van der Waals surface area contributed by atoms with E-state index in [9.17, 15) is 4.79 Å². The lowest BCUT2D eigenvalue weighted by atomic mass is 9.95. The number of nitrogens with one attached hydrogen (secondary N) is 1. The lowest BCUT2D eigenvalue weighted by molar-refractivity contribution is 0.0957. The highest BCUT2D eigenvalue weighted by Gasteiger charge is 2.20. The van der Waals surface area contributed by atoms with Gasteiger partial charge in [-0.25, -0.2) is 0 Å². The minimum Gasteiger partial charge on any atom is -0.491 e. The van der Waals surface area contributed by atoms with Gasteiger partial charge >= 0.3 is 0 Å². The molecule has 1 aliphatic rings. The van der Waals surface area contributed by atoms with Crippen LogP contribution in [-0.2, 0) is 0 Å². The van der Waals surface area contributed by atoms with Crippen LogP contribution in [0, 0.1) is 0 Å². The zero-order chi connectivity index (χ0) is 11.5. The third-order valence-electron chi connectivity index (χ3n) is 3.07. The molecule has 3 heteroatoms. The molecule has 0 spiro atoms. The van der Waals surface area contributed by atoms with Gasteiger partial charge in [0.1, 0.15) is 12.4 Å². The molecule has 1 aromatic carbocycles. The van der Waals surface area contributed by atoms with Crippen LogP contribution in [0.3, 0.4) is 0 Å². The molecule has 3 nitrogen and oxygen atoms in total. The molecule has 86 valence electrons. The molecule has 0 bridgehead atoms. The Morgan fingerprint density at radius 3 is 3.06 bits per heavy atom. The minimum absolute atomic E-state index is 0.0300. The van der Waals surface area contributed by atoms with Crippen LogP contribution in [0.5, 0.6) is 5.75 Å². The fraction of sp³-hybridized carbons (Fsp3) is 0.462. The van der Waals surface area contributed by atoms with Gasteiger partial charge in [0.2, 0.25) is 0 Å². The van der Waals surface area contributed by atoms with Crippen LogP contribution in [0.4, 0.5) is 0 Å². The van der Waals surface area contributed by atoms with Crippen LogP contribution in [0.25, 0.3) is 0 Å². The number of benzene rings is 1. The molecule has 16 heavy (non-hydrogen) atoms. The van der Waals surface area contributed by atoms with Gasteiger partial charge in [-0.3, -0.25) is 4.79 Å².